The first-order valence-electron chi connectivity index (χ1n) is 14.2. The van der Waals surface area contributed by atoms with E-state index in [-0.39, 0.29) is 12.1 Å². The maximum Gasteiger partial charge on any atom is 0.174 e. The van der Waals surface area contributed by atoms with Crippen molar-refractivity contribution in [3.63, 3.8) is 0 Å². The van der Waals surface area contributed by atoms with E-state index in [4.69, 9.17) is 26.7 Å². The van der Waals surface area contributed by atoms with E-state index >= 15 is 0 Å². The molecule has 5 aromatic rings. The monoisotopic (exact) mass is 574 g/mol. The van der Waals surface area contributed by atoms with Crippen molar-refractivity contribution in [2.75, 3.05) is 12.0 Å². The topological polar surface area (TPSA) is 51.6 Å². The second-order valence-electron chi connectivity index (χ2n) is 10.4. The molecular formula is C35H34N4O2S. The summed E-state index contributed by atoms with van der Waals surface area (Å²) in [5.41, 5.74) is 7.97. The van der Waals surface area contributed by atoms with Crippen molar-refractivity contribution in [3.8, 4) is 22.9 Å². The van der Waals surface area contributed by atoms with Crippen LogP contribution in [-0.4, -0.2) is 21.8 Å². The quantitative estimate of drug-likeness (QED) is 0.189. The predicted octanol–water partition coefficient (Wildman–Crippen LogP) is 8.03. The van der Waals surface area contributed by atoms with Crippen molar-refractivity contribution in [1.29, 1.82) is 0 Å². The van der Waals surface area contributed by atoms with Crippen LogP contribution in [0.4, 0.5) is 5.69 Å². The minimum atomic E-state index is -0.120. The molecule has 0 amide bonds. The second-order valence-corrected chi connectivity index (χ2v) is 10.8. The van der Waals surface area contributed by atoms with Gasteiger partial charge in [0.25, 0.3) is 0 Å². The van der Waals surface area contributed by atoms with E-state index < -0.39 is 0 Å². The summed E-state index contributed by atoms with van der Waals surface area (Å²) >= 11 is 5.98. The number of ether oxygens (including phenoxy) is 2. The lowest BCUT2D eigenvalue weighted by molar-refractivity contribution is 0.413. The van der Waals surface area contributed by atoms with Crippen molar-refractivity contribution in [3.05, 3.63) is 131 Å². The highest BCUT2D eigenvalue weighted by atomic mass is 32.1. The van der Waals surface area contributed by atoms with Crippen LogP contribution in [-0.2, 0) is 6.42 Å². The molecule has 6 nitrogen and oxygen atoms in total. The second kappa shape index (κ2) is 11.7. The molecule has 2 atom stereocenters. The number of anilines is 1. The van der Waals surface area contributed by atoms with E-state index in [2.05, 4.69) is 84.1 Å². The molecule has 7 heteroatoms. The predicted molar refractivity (Wildman–Crippen MR) is 172 cm³/mol. The number of methoxy groups -OCH3 is 1. The molecule has 0 radical (unpaired) electrons. The average Bonchev–Trinajstić information content (AvgIpc) is 3.52. The molecule has 1 saturated heterocycles. The van der Waals surface area contributed by atoms with Gasteiger partial charge in [-0.2, -0.15) is 0 Å². The van der Waals surface area contributed by atoms with Crippen LogP contribution in [0.2, 0.25) is 0 Å². The lowest BCUT2D eigenvalue weighted by Crippen LogP contribution is -2.29. The molecule has 1 aliphatic heterocycles. The maximum atomic E-state index is 6.09. The number of aromatic nitrogens is 2. The molecule has 0 unspecified atom stereocenters. The third kappa shape index (κ3) is 5.23. The third-order valence-corrected chi connectivity index (χ3v) is 8.21. The van der Waals surface area contributed by atoms with Gasteiger partial charge in [0.15, 0.2) is 5.11 Å². The first-order valence-corrected chi connectivity index (χ1v) is 14.6. The summed E-state index contributed by atoms with van der Waals surface area (Å²) in [6.45, 7) is 6.53. The highest BCUT2D eigenvalue weighted by Crippen LogP contribution is 2.44. The van der Waals surface area contributed by atoms with E-state index in [0.717, 1.165) is 40.7 Å². The normalized spacial score (nSPS) is 16.4. The summed E-state index contributed by atoms with van der Waals surface area (Å²) in [6.07, 6.45) is 2.86. The van der Waals surface area contributed by atoms with E-state index in [1.165, 1.54) is 22.5 Å². The number of pyridine rings is 1. The Labute approximate surface area is 252 Å². The van der Waals surface area contributed by atoms with Crippen LogP contribution in [0.5, 0.6) is 17.2 Å². The number of hydrogen-bond donors (Lipinski definition) is 1. The zero-order valence-corrected chi connectivity index (χ0v) is 25.1. The minimum Gasteiger partial charge on any atom is -0.497 e. The number of hydrogen-bond acceptors (Lipinski definition) is 4. The number of thiocarbonyl (C=S) groups is 1. The van der Waals surface area contributed by atoms with E-state index in [0.29, 0.717) is 5.11 Å². The fourth-order valence-corrected chi connectivity index (χ4v) is 6.11. The van der Waals surface area contributed by atoms with Gasteiger partial charge in [0.1, 0.15) is 17.2 Å². The molecule has 3 aromatic carbocycles. The Bertz CT molecular complexity index is 1680. The zero-order chi connectivity index (χ0) is 29.2. The lowest BCUT2D eigenvalue weighted by atomic mass is 9.96. The number of rotatable bonds is 8. The van der Waals surface area contributed by atoms with Gasteiger partial charge < -0.3 is 24.3 Å². The number of benzene rings is 3. The fraction of sp³-hybridized carbons (Fsp3) is 0.200. The largest absolute Gasteiger partial charge is 0.497 e. The molecule has 1 fully saturated rings. The summed E-state index contributed by atoms with van der Waals surface area (Å²) in [5.74, 6) is 2.28. The molecule has 42 heavy (non-hydrogen) atoms. The zero-order valence-electron chi connectivity index (χ0n) is 24.2. The SMILES string of the molecule is CCc1ccc(-n2c(C)cc([C@H]3[C@H](c4ccccn4)NC(=S)N3c3ccc(Oc4ccc(OC)cc4)cc3)c2C)cc1. The van der Waals surface area contributed by atoms with Gasteiger partial charge in [-0.05, 0) is 122 Å². The Kier molecular flexibility index (Phi) is 7.68. The van der Waals surface area contributed by atoms with Gasteiger partial charge in [0.05, 0.1) is 24.9 Å². The van der Waals surface area contributed by atoms with Crippen molar-refractivity contribution in [1.82, 2.24) is 14.9 Å². The Balaban J connectivity index is 1.37. The highest BCUT2D eigenvalue weighted by molar-refractivity contribution is 7.80. The van der Waals surface area contributed by atoms with Crippen LogP contribution in [0.25, 0.3) is 5.69 Å². The van der Waals surface area contributed by atoms with Crippen molar-refractivity contribution in [2.45, 2.75) is 39.3 Å². The van der Waals surface area contributed by atoms with Gasteiger partial charge in [-0.15, -0.1) is 0 Å². The van der Waals surface area contributed by atoms with Crippen molar-refractivity contribution >= 4 is 23.0 Å². The molecule has 1 N–H and O–H groups in total. The van der Waals surface area contributed by atoms with Gasteiger partial charge >= 0.3 is 0 Å². The minimum absolute atomic E-state index is 0.101. The van der Waals surface area contributed by atoms with E-state index in [1.807, 2.05) is 54.7 Å². The molecule has 212 valence electrons. The third-order valence-electron chi connectivity index (χ3n) is 7.90. The Morgan fingerprint density at radius 2 is 1.48 bits per heavy atom. The van der Waals surface area contributed by atoms with Crippen molar-refractivity contribution < 1.29 is 9.47 Å². The Hall–Kier alpha value is -4.62. The van der Waals surface area contributed by atoms with E-state index in [9.17, 15) is 0 Å². The van der Waals surface area contributed by atoms with Gasteiger partial charge in [0, 0.05) is 29.0 Å². The highest BCUT2D eigenvalue weighted by Gasteiger charge is 2.42. The summed E-state index contributed by atoms with van der Waals surface area (Å²) in [7, 11) is 1.65. The van der Waals surface area contributed by atoms with Gasteiger partial charge in [0.2, 0.25) is 0 Å². The number of nitrogens with zero attached hydrogens (tertiary/aromatic N) is 3. The summed E-state index contributed by atoms with van der Waals surface area (Å²) in [5, 5.41) is 4.25. The fourth-order valence-electron chi connectivity index (χ4n) is 5.77. The molecule has 0 aliphatic carbocycles. The number of nitrogens with one attached hydrogen (secondary N) is 1. The molecule has 6 rings (SSSR count). The van der Waals surface area contributed by atoms with Crippen molar-refractivity contribution in [2.24, 2.45) is 0 Å². The van der Waals surface area contributed by atoms with Crippen LogP contribution >= 0.6 is 12.2 Å². The van der Waals surface area contributed by atoms with Gasteiger partial charge in [-0.1, -0.05) is 25.1 Å². The smallest absolute Gasteiger partial charge is 0.174 e. The van der Waals surface area contributed by atoms with Crippen LogP contribution in [0, 0.1) is 13.8 Å². The molecule has 0 saturated carbocycles. The van der Waals surface area contributed by atoms with Crippen LogP contribution < -0.4 is 19.7 Å². The summed E-state index contributed by atoms with van der Waals surface area (Å²) < 4.78 is 13.7. The van der Waals surface area contributed by atoms with Gasteiger partial charge in [-0.3, -0.25) is 4.98 Å². The first-order chi connectivity index (χ1) is 20.5. The lowest BCUT2D eigenvalue weighted by Gasteiger charge is -2.28. The molecule has 0 bridgehead atoms. The number of aryl methyl sites for hydroxylation is 2. The van der Waals surface area contributed by atoms with Gasteiger partial charge in [-0.25, -0.2) is 0 Å². The molecule has 0 spiro atoms. The Morgan fingerprint density at radius 3 is 2.10 bits per heavy atom. The first kappa shape index (κ1) is 27.5. The van der Waals surface area contributed by atoms with Crippen LogP contribution in [0.1, 0.15) is 47.2 Å². The molecule has 2 aromatic heterocycles. The van der Waals surface area contributed by atoms with Crippen LogP contribution in [0.15, 0.2) is 103 Å². The summed E-state index contributed by atoms with van der Waals surface area (Å²) in [6, 6.07) is 32.5. The summed E-state index contributed by atoms with van der Waals surface area (Å²) in [4.78, 5) is 6.93. The van der Waals surface area contributed by atoms with E-state index in [1.54, 1.807) is 7.11 Å². The maximum absolute atomic E-state index is 6.09. The molecular weight excluding hydrogens is 540 g/mol. The average molecular weight is 575 g/mol. The van der Waals surface area contributed by atoms with Crippen LogP contribution in [0.3, 0.4) is 0 Å². The molecule has 3 heterocycles. The standard InChI is InChI=1S/C35H34N4O2S/c1-5-25-9-11-26(12-10-25)38-23(2)22-31(24(38)3)34-33(32-8-6-7-21-36-32)37-35(42)39(34)27-13-15-29(16-14-27)41-30-19-17-28(40-4)18-20-30/h6-22,33-34H,5H2,1-4H3,(H,37,42)/t33-,34-/m0/s1. The Morgan fingerprint density at radius 1 is 0.833 bits per heavy atom. The molecule has 1 aliphatic rings.